The van der Waals surface area contributed by atoms with Gasteiger partial charge in [-0.3, -0.25) is 0 Å². The molecule has 0 fully saturated rings. The Morgan fingerprint density at radius 3 is 2.70 bits per heavy atom. The van der Waals surface area contributed by atoms with Gasteiger partial charge in [-0.1, -0.05) is 35.9 Å². The minimum absolute atomic E-state index is 0.125. The largest absolute Gasteiger partial charge is 0.508 e. The summed E-state index contributed by atoms with van der Waals surface area (Å²) in [5, 5.41) is 9.75. The van der Waals surface area contributed by atoms with Crippen molar-refractivity contribution in [3.63, 3.8) is 0 Å². The molecule has 0 heterocycles. The molecule has 0 aliphatic heterocycles. The van der Waals surface area contributed by atoms with Crippen LogP contribution in [-0.2, 0) is 4.74 Å². The summed E-state index contributed by atoms with van der Waals surface area (Å²) < 4.78 is 4.67. The molecule has 4 heteroatoms. The highest BCUT2D eigenvalue weighted by molar-refractivity contribution is 6.32. The van der Waals surface area contributed by atoms with Crippen LogP contribution in [0, 0.1) is 0 Å². The molecule has 2 aromatic carbocycles. The molecule has 0 saturated carbocycles. The number of rotatable bonds is 3. The third-order valence-electron chi connectivity index (χ3n) is 2.75. The van der Waals surface area contributed by atoms with Crippen molar-refractivity contribution >= 4 is 29.7 Å². The fourth-order valence-electron chi connectivity index (χ4n) is 1.72. The number of phenols is 1. The third kappa shape index (κ3) is 3.39. The second kappa shape index (κ2) is 6.26. The predicted molar refractivity (Wildman–Crippen MR) is 79.8 cm³/mol. The van der Waals surface area contributed by atoms with Crippen LogP contribution in [0.1, 0.15) is 21.5 Å². The summed E-state index contributed by atoms with van der Waals surface area (Å²) >= 11 is 6.01. The Balaban J connectivity index is 2.25. The molecule has 0 saturated heterocycles. The second-order valence-electron chi connectivity index (χ2n) is 4.16. The molecule has 0 aliphatic carbocycles. The van der Waals surface area contributed by atoms with E-state index in [1.807, 2.05) is 18.2 Å². The monoisotopic (exact) mass is 288 g/mol. The lowest BCUT2D eigenvalue weighted by atomic mass is 10.1. The van der Waals surface area contributed by atoms with Crippen LogP contribution in [0.3, 0.4) is 0 Å². The minimum Gasteiger partial charge on any atom is -0.508 e. The third-order valence-corrected chi connectivity index (χ3v) is 3.07. The Morgan fingerprint density at radius 2 is 2.00 bits per heavy atom. The maximum atomic E-state index is 11.4. The van der Waals surface area contributed by atoms with Crippen LogP contribution in [-0.4, -0.2) is 18.2 Å². The number of ether oxygens (including phenoxy) is 1. The topological polar surface area (TPSA) is 46.5 Å². The fourth-order valence-corrected chi connectivity index (χ4v) is 1.96. The first-order chi connectivity index (χ1) is 9.60. The van der Waals surface area contributed by atoms with E-state index in [0.717, 1.165) is 11.1 Å². The van der Waals surface area contributed by atoms with Gasteiger partial charge in [0.15, 0.2) is 0 Å². The molecular formula is C16H13ClO3. The highest BCUT2D eigenvalue weighted by Crippen LogP contribution is 2.23. The van der Waals surface area contributed by atoms with E-state index in [9.17, 15) is 9.90 Å². The van der Waals surface area contributed by atoms with E-state index in [1.165, 1.54) is 13.2 Å². The molecule has 1 N–H and O–H groups in total. The Labute approximate surface area is 122 Å². The van der Waals surface area contributed by atoms with Crippen LogP contribution in [0.2, 0.25) is 5.02 Å². The van der Waals surface area contributed by atoms with Crippen molar-refractivity contribution in [3.05, 3.63) is 64.2 Å². The summed E-state index contributed by atoms with van der Waals surface area (Å²) in [4.78, 5) is 11.4. The molecule has 102 valence electrons. The van der Waals surface area contributed by atoms with E-state index < -0.39 is 0 Å². The maximum Gasteiger partial charge on any atom is 0.337 e. The molecule has 2 aromatic rings. The first kappa shape index (κ1) is 14.2. The SMILES string of the molecule is COC(=O)c1cccc(/C=C/c2ccc(O)cc2Cl)c1. The van der Waals surface area contributed by atoms with Crippen molar-refractivity contribution in [2.45, 2.75) is 0 Å². The van der Waals surface area contributed by atoms with Gasteiger partial charge in [-0.15, -0.1) is 0 Å². The van der Waals surface area contributed by atoms with Gasteiger partial charge in [0, 0.05) is 0 Å². The number of hydrogen-bond donors (Lipinski definition) is 1. The van der Waals surface area contributed by atoms with E-state index in [4.69, 9.17) is 11.6 Å². The number of halogens is 1. The zero-order chi connectivity index (χ0) is 14.5. The van der Waals surface area contributed by atoms with Gasteiger partial charge in [0.25, 0.3) is 0 Å². The van der Waals surface area contributed by atoms with E-state index >= 15 is 0 Å². The van der Waals surface area contributed by atoms with E-state index in [-0.39, 0.29) is 11.7 Å². The summed E-state index contributed by atoms with van der Waals surface area (Å²) in [6, 6.07) is 11.8. The van der Waals surface area contributed by atoms with Crippen molar-refractivity contribution in [2.75, 3.05) is 7.11 Å². The van der Waals surface area contributed by atoms with Crippen LogP contribution in [0.25, 0.3) is 12.2 Å². The highest BCUT2D eigenvalue weighted by atomic mass is 35.5. The number of hydrogen-bond acceptors (Lipinski definition) is 3. The Bertz CT molecular complexity index is 663. The van der Waals surface area contributed by atoms with Crippen LogP contribution in [0.5, 0.6) is 5.75 Å². The van der Waals surface area contributed by atoms with E-state index in [2.05, 4.69) is 4.74 Å². The van der Waals surface area contributed by atoms with Crippen molar-refractivity contribution < 1.29 is 14.6 Å². The second-order valence-corrected chi connectivity index (χ2v) is 4.56. The Morgan fingerprint density at radius 1 is 1.20 bits per heavy atom. The molecule has 2 rings (SSSR count). The van der Waals surface area contributed by atoms with Gasteiger partial charge >= 0.3 is 5.97 Å². The smallest absolute Gasteiger partial charge is 0.337 e. The molecule has 3 nitrogen and oxygen atoms in total. The number of carbonyl (C=O) groups excluding carboxylic acids is 1. The number of benzene rings is 2. The van der Waals surface area contributed by atoms with E-state index in [1.54, 1.807) is 30.3 Å². The van der Waals surface area contributed by atoms with Gasteiger partial charge in [0.2, 0.25) is 0 Å². The average molecular weight is 289 g/mol. The first-order valence-electron chi connectivity index (χ1n) is 5.95. The lowest BCUT2D eigenvalue weighted by Crippen LogP contribution is -2.00. The molecule has 0 atom stereocenters. The predicted octanol–water partition coefficient (Wildman–Crippen LogP) is 4.00. The zero-order valence-corrected chi connectivity index (χ0v) is 11.6. The standard InChI is InChI=1S/C16H13ClO3/c1-20-16(19)13-4-2-3-11(9-13)5-6-12-7-8-14(18)10-15(12)17/h2-10,18H,1H3/b6-5+. The van der Waals surface area contributed by atoms with Crippen molar-refractivity contribution in [1.29, 1.82) is 0 Å². The molecule has 0 unspecified atom stereocenters. The quantitative estimate of drug-likeness (QED) is 0.686. The zero-order valence-electron chi connectivity index (χ0n) is 10.8. The van der Waals surface area contributed by atoms with Gasteiger partial charge < -0.3 is 9.84 Å². The Hall–Kier alpha value is -2.26. The molecule has 0 spiro atoms. The summed E-state index contributed by atoms with van der Waals surface area (Å²) in [6.45, 7) is 0. The van der Waals surface area contributed by atoms with Crippen LogP contribution >= 0.6 is 11.6 Å². The molecular weight excluding hydrogens is 276 g/mol. The number of esters is 1. The lowest BCUT2D eigenvalue weighted by molar-refractivity contribution is 0.0600. The summed E-state index contributed by atoms with van der Waals surface area (Å²) in [6.07, 6.45) is 3.66. The van der Waals surface area contributed by atoms with Crippen LogP contribution < -0.4 is 0 Å². The van der Waals surface area contributed by atoms with Gasteiger partial charge in [0.1, 0.15) is 5.75 Å². The summed E-state index contributed by atoms with van der Waals surface area (Å²) in [5.41, 5.74) is 2.14. The number of phenolic OH excluding ortho intramolecular Hbond substituents is 1. The fraction of sp³-hybridized carbons (Fsp3) is 0.0625. The molecule has 0 bridgehead atoms. The number of aromatic hydroxyl groups is 1. The van der Waals surface area contributed by atoms with Gasteiger partial charge in [-0.25, -0.2) is 4.79 Å². The molecule has 0 aliphatic rings. The van der Waals surface area contributed by atoms with E-state index in [0.29, 0.717) is 10.6 Å². The summed E-state index contributed by atoms with van der Waals surface area (Å²) in [5.74, 6) is -0.247. The summed E-state index contributed by atoms with van der Waals surface area (Å²) in [7, 11) is 1.35. The number of carbonyl (C=O) groups is 1. The van der Waals surface area contributed by atoms with Crippen LogP contribution in [0.15, 0.2) is 42.5 Å². The number of methoxy groups -OCH3 is 1. The van der Waals surface area contributed by atoms with Gasteiger partial charge in [-0.2, -0.15) is 0 Å². The van der Waals surface area contributed by atoms with Crippen molar-refractivity contribution in [1.82, 2.24) is 0 Å². The highest BCUT2D eigenvalue weighted by Gasteiger charge is 2.04. The van der Waals surface area contributed by atoms with Gasteiger partial charge in [-0.05, 0) is 41.5 Å². The Kier molecular flexibility index (Phi) is 4.43. The van der Waals surface area contributed by atoms with Crippen molar-refractivity contribution in [3.8, 4) is 5.75 Å². The molecule has 0 amide bonds. The molecule has 0 aromatic heterocycles. The lowest BCUT2D eigenvalue weighted by Gasteiger charge is -2.01. The van der Waals surface area contributed by atoms with Gasteiger partial charge in [0.05, 0.1) is 17.7 Å². The molecule has 20 heavy (non-hydrogen) atoms. The minimum atomic E-state index is -0.372. The normalized spacial score (nSPS) is 10.7. The maximum absolute atomic E-state index is 11.4. The molecule has 0 radical (unpaired) electrons. The van der Waals surface area contributed by atoms with Crippen LogP contribution in [0.4, 0.5) is 0 Å². The van der Waals surface area contributed by atoms with Crippen molar-refractivity contribution in [2.24, 2.45) is 0 Å². The first-order valence-corrected chi connectivity index (χ1v) is 6.33. The average Bonchev–Trinajstić information content (AvgIpc) is 2.46.